The Balaban J connectivity index is 2.12. The van der Waals surface area contributed by atoms with Gasteiger partial charge < -0.3 is 15.3 Å². The summed E-state index contributed by atoms with van der Waals surface area (Å²) in [6.45, 7) is 4.14. The SMILES string of the molecule is Cc1ccc(SCC(F)(F)F)c(NC(=O)N2CC(C)CC(C(=O)O)C2)c1. The molecule has 2 unspecified atom stereocenters. The summed E-state index contributed by atoms with van der Waals surface area (Å²) in [6, 6.07) is 4.33. The number of carbonyl (C=O) groups excluding carboxylic acids is 1. The molecule has 1 saturated heterocycles. The van der Waals surface area contributed by atoms with Crippen molar-refractivity contribution in [3.05, 3.63) is 23.8 Å². The number of aryl methyl sites for hydroxylation is 1. The quantitative estimate of drug-likeness (QED) is 0.755. The zero-order chi connectivity index (χ0) is 19.5. The molecular weight excluding hydrogens is 369 g/mol. The molecule has 1 aliphatic heterocycles. The van der Waals surface area contributed by atoms with Crippen molar-refractivity contribution in [2.75, 3.05) is 24.2 Å². The lowest BCUT2D eigenvalue weighted by atomic mass is 9.91. The molecule has 2 atom stereocenters. The van der Waals surface area contributed by atoms with Crippen LogP contribution in [0.2, 0.25) is 0 Å². The number of thioether (sulfide) groups is 1. The van der Waals surface area contributed by atoms with Crippen LogP contribution in [0.1, 0.15) is 18.9 Å². The summed E-state index contributed by atoms with van der Waals surface area (Å²) in [5.41, 5.74) is 1.10. The van der Waals surface area contributed by atoms with Gasteiger partial charge in [0.25, 0.3) is 0 Å². The lowest BCUT2D eigenvalue weighted by molar-refractivity contribution is -0.143. The maximum absolute atomic E-state index is 12.5. The third-order valence-electron chi connectivity index (χ3n) is 4.06. The number of piperidine rings is 1. The number of hydrogen-bond donors (Lipinski definition) is 2. The number of likely N-dealkylation sites (tertiary alicyclic amines) is 1. The van der Waals surface area contributed by atoms with Gasteiger partial charge in [-0.25, -0.2) is 4.79 Å². The number of alkyl halides is 3. The van der Waals surface area contributed by atoms with Crippen LogP contribution in [0.3, 0.4) is 0 Å². The summed E-state index contributed by atoms with van der Waals surface area (Å²) in [4.78, 5) is 25.5. The normalized spacial score (nSPS) is 20.7. The van der Waals surface area contributed by atoms with E-state index in [2.05, 4.69) is 5.32 Å². The second-order valence-corrected chi connectivity index (χ2v) is 7.63. The molecule has 1 heterocycles. The van der Waals surface area contributed by atoms with Crippen molar-refractivity contribution in [1.29, 1.82) is 0 Å². The smallest absolute Gasteiger partial charge is 0.398 e. The molecule has 1 aromatic rings. The molecule has 2 amide bonds. The Morgan fingerprint density at radius 1 is 1.35 bits per heavy atom. The number of nitrogens with one attached hydrogen (secondary N) is 1. The first-order valence-corrected chi connectivity index (χ1v) is 9.12. The van der Waals surface area contributed by atoms with Crippen LogP contribution in [0.15, 0.2) is 23.1 Å². The van der Waals surface area contributed by atoms with Gasteiger partial charge in [0.1, 0.15) is 0 Å². The molecule has 26 heavy (non-hydrogen) atoms. The van der Waals surface area contributed by atoms with E-state index in [1.54, 1.807) is 25.1 Å². The third-order valence-corrected chi connectivity index (χ3v) is 5.20. The standard InChI is InChI=1S/C17H21F3N2O3S/c1-10-3-4-14(26-9-17(18,19)20)13(6-10)21-16(25)22-7-11(2)5-12(8-22)15(23)24/h3-4,6,11-12H,5,7-9H2,1-2H3,(H,21,25)(H,23,24). The van der Waals surface area contributed by atoms with Crippen LogP contribution in [0.4, 0.5) is 23.7 Å². The van der Waals surface area contributed by atoms with Crippen molar-refractivity contribution in [2.45, 2.75) is 31.3 Å². The summed E-state index contributed by atoms with van der Waals surface area (Å²) < 4.78 is 37.5. The van der Waals surface area contributed by atoms with Crippen molar-refractivity contribution >= 4 is 29.4 Å². The van der Waals surface area contributed by atoms with Gasteiger partial charge in [0.2, 0.25) is 0 Å². The zero-order valence-corrected chi connectivity index (χ0v) is 15.3. The molecule has 1 aromatic carbocycles. The highest BCUT2D eigenvalue weighted by Gasteiger charge is 2.32. The summed E-state index contributed by atoms with van der Waals surface area (Å²) in [5.74, 6) is -2.61. The fourth-order valence-corrected chi connectivity index (χ4v) is 3.67. The Labute approximate surface area is 153 Å². The number of aliphatic carboxylic acids is 1. The number of nitrogens with zero attached hydrogens (tertiary/aromatic N) is 1. The summed E-state index contributed by atoms with van der Waals surface area (Å²) >= 11 is 0.605. The maximum Gasteiger partial charge on any atom is 0.398 e. The molecular formula is C17H21F3N2O3S. The van der Waals surface area contributed by atoms with Crippen molar-refractivity contribution in [3.8, 4) is 0 Å². The van der Waals surface area contributed by atoms with Crippen LogP contribution in [-0.4, -0.2) is 47.0 Å². The largest absolute Gasteiger partial charge is 0.481 e. The molecule has 5 nitrogen and oxygen atoms in total. The van der Waals surface area contributed by atoms with Gasteiger partial charge in [0.05, 0.1) is 17.4 Å². The van der Waals surface area contributed by atoms with Gasteiger partial charge >= 0.3 is 18.2 Å². The molecule has 9 heteroatoms. The van der Waals surface area contributed by atoms with E-state index in [0.717, 1.165) is 5.56 Å². The number of carboxylic acids is 1. The molecule has 2 N–H and O–H groups in total. The Hall–Kier alpha value is -1.90. The van der Waals surface area contributed by atoms with E-state index < -0.39 is 29.8 Å². The molecule has 1 aliphatic rings. The molecule has 0 spiro atoms. The minimum atomic E-state index is -4.31. The molecule has 0 saturated carbocycles. The summed E-state index contributed by atoms with van der Waals surface area (Å²) in [6.07, 6.45) is -3.82. The number of rotatable bonds is 4. The molecule has 2 rings (SSSR count). The van der Waals surface area contributed by atoms with E-state index in [1.807, 2.05) is 6.92 Å². The summed E-state index contributed by atoms with van der Waals surface area (Å²) in [7, 11) is 0. The predicted octanol–water partition coefficient (Wildman–Crippen LogP) is 4.22. The number of halogens is 3. The fourth-order valence-electron chi connectivity index (χ4n) is 2.92. The third kappa shape index (κ3) is 5.82. The fraction of sp³-hybridized carbons (Fsp3) is 0.529. The number of amides is 2. The van der Waals surface area contributed by atoms with Gasteiger partial charge in [-0.1, -0.05) is 13.0 Å². The van der Waals surface area contributed by atoms with Gasteiger partial charge in [-0.05, 0) is 37.0 Å². The summed E-state index contributed by atoms with van der Waals surface area (Å²) in [5, 5.41) is 11.8. The lowest BCUT2D eigenvalue weighted by Gasteiger charge is -2.34. The van der Waals surface area contributed by atoms with Crippen molar-refractivity contribution in [3.63, 3.8) is 0 Å². The number of hydrogen-bond acceptors (Lipinski definition) is 3. The predicted molar refractivity (Wildman–Crippen MR) is 93.5 cm³/mol. The average Bonchev–Trinajstić information content (AvgIpc) is 2.52. The van der Waals surface area contributed by atoms with Crippen LogP contribution < -0.4 is 5.32 Å². The minimum Gasteiger partial charge on any atom is -0.481 e. The van der Waals surface area contributed by atoms with Gasteiger partial charge in [-0.2, -0.15) is 13.2 Å². The van der Waals surface area contributed by atoms with Gasteiger partial charge in [-0.15, -0.1) is 11.8 Å². The topological polar surface area (TPSA) is 69.6 Å². The Morgan fingerprint density at radius 2 is 2.04 bits per heavy atom. The maximum atomic E-state index is 12.5. The highest BCUT2D eigenvalue weighted by Crippen LogP contribution is 2.33. The Bertz CT molecular complexity index is 682. The van der Waals surface area contributed by atoms with E-state index in [1.165, 1.54) is 4.90 Å². The average molecular weight is 390 g/mol. The van der Waals surface area contributed by atoms with E-state index in [-0.39, 0.29) is 12.5 Å². The molecule has 0 bridgehead atoms. The Morgan fingerprint density at radius 3 is 2.65 bits per heavy atom. The zero-order valence-electron chi connectivity index (χ0n) is 14.5. The second-order valence-electron chi connectivity index (χ2n) is 6.61. The van der Waals surface area contributed by atoms with Crippen LogP contribution in [-0.2, 0) is 4.79 Å². The van der Waals surface area contributed by atoms with E-state index >= 15 is 0 Å². The van der Waals surface area contributed by atoms with Gasteiger partial charge in [-0.3, -0.25) is 4.79 Å². The monoisotopic (exact) mass is 390 g/mol. The number of urea groups is 1. The number of carboxylic acid groups (broad SMARTS) is 1. The van der Waals surface area contributed by atoms with Gasteiger partial charge in [0.15, 0.2) is 0 Å². The van der Waals surface area contributed by atoms with E-state index in [4.69, 9.17) is 0 Å². The first-order chi connectivity index (χ1) is 12.0. The van der Waals surface area contributed by atoms with Gasteiger partial charge in [0, 0.05) is 18.0 Å². The molecule has 0 radical (unpaired) electrons. The van der Waals surface area contributed by atoms with Crippen molar-refractivity contribution in [1.82, 2.24) is 4.90 Å². The van der Waals surface area contributed by atoms with Crippen molar-refractivity contribution < 1.29 is 27.9 Å². The van der Waals surface area contributed by atoms with E-state index in [0.29, 0.717) is 35.3 Å². The highest BCUT2D eigenvalue weighted by atomic mass is 32.2. The first kappa shape index (κ1) is 20.4. The van der Waals surface area contributed by atoms with Crippen LogP contribution in [0.5, 0.6) is 0 Å². The number of anilines is 1. The Kier molecular flexibility index (Phi) is 6.44. The number of carbonyl (C=O) groups is 2. The minimum absolute atomic E-state index is 0.0344. The van der Waals surface area contributed by atoms with Crippen LogP contribution in [0, 0.1) is 18.8 Å². The molecule has 1 fully saturated rings. The molecule has 0 aliphatic carbocycles. The second kappa shape index (κ2) is 8.20. The molecule has 0 aromatic heterocycles. The number of benzene rings is 1. The van der Waals surface area contributed by atoms with E-state index in [9.17, 15) is 27.9 Å². The van der Waals surface area contributed by atoms with Crippen LogP contribution in [0.25, 0.3) is 0 Å². The highest BCUT2D eigenvalue weighted by molar-refractivity contribution is 7.99. The molecule has 144 valence electrons. The van der Waals surface area contributed by atoms with Crippen molar-refractivity contribution in [2.24, 2.45) is 11.8 Å². The lowest BCUT2D eigenvalue weighted by Crippen LogP contribution is -2.47. The first-order valence-electron chi connectivity index (χ1n) is 8.14. The van der Waals surface area contributed by atoms with Crippen LogP contribution >= 0.6 is 11.8 Å².